The van der Waals surface area contributed by atoms with Crippen molar-refractivity contribution in [2.75, 3.05) is 13.2 Å². The average Bonchev–Trinajstić information content (AvgIpc) is 3.04. The van der Waals surface area contributed by atoms with Crippen LogP contribution in [-0.2, 0) is 20.9 Å². The van der Waals surface area contributed by atoms with Crippen LogP contribution in [-0.4, -0.2) is 53.1 Å². The number of amides is 3. The van der Waals surface area contributed by atoms with Gasteiger partial charge in [-0.05, 0) is 18.4 Å². The minimum Gasteiger partial charge on any atom is -0.480 e. The Balaban J connectivity index is 1.87. The molecule has 2 rings (SSSR count). The third-order valence-electron chi connectivity index (χ3n) is 3.85. The molecular formula is C16H21N3O5. The van der Waals surface area contributed by atoms with Gasteiger partial charge in [0.05, 0.1) is 13.2 Å². The summed E-state index contributed by atoms with van der Waals surface area (Å²) in [6.07, 6.45) is 1.12. The molecule has 2 atom stereocenters. The minimum absolute atomic E-state index is 0.167. The molecular weight excluding hydrogens is 314 g/mol. The average molecular weight is 335 g/mol. The summed E-state index contributed by atoms with van der Waals surface area (Å²) in [4.78, 5) is 36.1. The predicted molar refractivity (Wildman–Crippen MR) is 85.0 cm³/mol. The van der Waals surface area contributed by atoms with Crippen molar-refractivity contribution in [1.29, 1.82) is 0 Å². The van der Waals surface area contributed by atoms with Gasteiger partial charge < -0.3 is 25.8 Å². The Bertz CT molecular complexity index is 593. The van der Waals surface area contributed by atoms with Gasteiger partial charge in [0.1, 0.15) is 6.04 Å². The molecule has 0 unspecified atom stereocenters. The van der Waals surface area contributed by atoms with E-state index in [1.807, 2.05) is 30.3 Å². The number of hydrogen-bond acceptors (Lipinski definition) is 4. The van der Waals surface area contributed by atoms with E-state index in [1.54, 1.807) is 0 Å². The van der Waals surface area contributed by atoms with Crippen LogP contribution in [0.2, 0.25) is 0 Å². The van der Waals surface area contributed by atoms with Crippen LogP contribution < -0.4 is 11.1 Å². The number of nitrogens with zero attached hydrogens (tertiary/aromatic N) is 1. The van der Waals surface area contributed by atoms with Crippen molar-refractivity contribution in [2.45, 2.75) is 31.5 Å². The van der Waals surface area contributed by atoms with Gasteiger partial charge in [0, 0.05) is 6.54 Å². The molecule has 24 heavy (non-hydrogen) atoms. The van der Waals surface area contributed by atoms with Gasteiger partial charge in [-0.3, -0.25) is 4.79 Å². The molecule has 3 amide bonds. The Morgan fingerprint density at radius 2 is 2.04 bits per heavy atom. The molecule has 4 N–H and O–H groups in total. The van der Waals surface area contributed by atoms with Gasteiger partial charge in [-0.25, -0.2) is 9.59 Å². The summed E-state index contributed by atoms with van der Waals surface area (Å²) in [7, 11) is 0. The van der Waals surface area contributed by atoms with E-state index in [0.29, 0.717) is 19.4 Å². The summed E-state index contributed by atoms with van der Waals surface area (Å²) in [5.74, 6) is -1.72. The van der Waals surface area contributed by atoms with Crippen molar-refractivity contribution in [2.24, 2.45) is 5.73 Å². The molecule has 1 saturated heterocycles. The van der Waals surface area contributed by atoms with Crippen LogP contribution >= 0.6 is 0 Å². The number of aliphatic carboxylic acids is 1. The normalized spacial score (nSPS) is 18.2. The fourth-order valence-corrected chi connectivity index (χ4v) is 2.61. The third kappa shape index (κ3) is 4.69. The molecule has 0 radical (unpaired) electrons. The number of nitrogens with one attached hydrogen (secondary N) is 1. The van der Waals surface area contributed by atoms with Crippen molar-refractivity contribution in [3.63, 3.8) is 0 Å². The van der Waals surface area contributed by atoms with Crippen LogP contribution in [0.25, 0.3) is 0 Å². The Labute approximate surface area is 139 Å². The van der Waals surface area contributed by atoms with Gasteiger partial charge >= 0.3 is 12.0 Å². The molecule has 0 aromatic heterocycles. The molecule has 8 nitrogen and oxygen atoms in total. The number of primary amides is 1. The van der Waals surface area contributed by atoms with Crippen LogP contribution in [0.1, 0.15) is 18.4 Å². The predicted octanol–water partition coefficient (Wildman–Crippen LogP) is 0.316. The number of rotatable bonds is 7. The number of ether oxygens (including phenoxy) is 1. The zero-order valence-electron chi connectivity index (χ0n) is 13.2. The van der Waals surface area contributed by atoms with Gasteiger partial charge in [0.25, 0.3) is 0 Å². The fourth-order valence-electron chi connectivity index (χ4n) is 2.61. The lowest BCUT2D eigenvalue weighted by Gasteiger charge is -2.23. The van der Waals surface area contributed by atoms with Crippen LogP contribution in [0, 0.1) is 0 Å². The lowest BCUT2D eigenvalue weighted by atomic mass is 10.2. The number of benzene rings is 1. The summed E-state index contributed by atoms with van der Waals surface area (Å²) >= 11 is 0. The molecule has 0 spiro atoms. The summed E-state index contributed by atoms with van der Waals surface area (Å²) in [6.45, 7) is 0.478. The topological polar surface area (TPSA) is 122 Å². The SMILES string of the molecule is NC(=O)N1CCC[C@H]1C(=O)N[C@@H](COCc1ccccc1)C(=O)O. The minimum atomic E-state index is -1.19. The van der Waals surface area contributed by atoms with Crippen molar-refractivity contribution in [1.82, 2.24) is 10.2 Å². The van der Waals surface area contributed by atoms with Crippen LogP contribution in [0.15, 0.2) is 30.3 Å². The maximum atomic E-state index is 12.2. The van der Waals surface area contributed by atoms with E-state index >= 15 is 0 Å². The van der Waals surface area contributed by atoms with E-state index in [-0.39, 0.29) is 13.2 Å². The number of carboxylic acids is 1. The lowest BCUT2D eigenvalue weighted by molar-refractivity contribution is -0.144. The zero-order chi connectivity index (χ0) is 17.5. The number of hydrogen-bond donors (Lipinski definition) is 3. The largest absolute Gasteiger partial charge is 0.480 e. The van der Waals surface area contributed by atoms with E-state index in [1.165, 1.54) is 4.90 Å². The van der Waals surface area contributed by atoms with E-state index in [9.17, 15) is 19.5 Å². The molecule has 0 bridgehead atoms. The first-order chi connectivity index (χ1) is 11.5. The Hall–Kier alpha value is -2.61. The molecule has 1 aliphatic rings. The van der Waals surface area contributed by atoms with E-state index in [2.05, 4.69) is 5.32 Å². The lowest BCUT2D eigenvalue weighted by Crippen LogP contribution is -2.53. The van der Waals surface area contributed by atoms with Crippen molar-refractivity contribution < 1.29 is 24.2 Å². The van der Waals surface area contributed by atoms with E-state index in [4.69, 9.17) is 10.5 Å². The summed E-state index contributed by atoms with van der Waals surface area (Å²) in [5.41, 5.74) is 6.13. The first kappa shape index (κ1) is 17.7. The monoisotopic (exact) mass is 335 g/mol. The van der Waals surface area contributed by atoms with E-state index < -0.39 is 30.0 Å². The second-order valence-corrected chi connectivity index (χ2v) is 5.59. The van der Waals surface area contributed by atoms with Gasteiger partial charge in [-0.2, -0.15) is 0 Å². The highest BCUT2D eigenvalue weighted by molar-refractivity contribution is 5.90. The van der Waals surface area contributed by atoms with Gasteiger partial charge in [0.2, 0.25) is 5.91 Å². The van der Waals surface area contributed by atoms with Crippen molar-refractivity contribution in [3.8, 4) is 0 Å². The van der Waals surface area contributed by atoms with Crippen LogP contribution in [0.4, 0.5) is 4.79 Å². The Kier molecular flexibility index (Phi) is 6.14. The molecule has 0 aliphatic carbocycles. The molecule has 1 aliphatic heterocycles. The van der Waals surface area contributed by atoms with Gasteiger partial charge in [0.15, 0.2) is 6.04 Å². The number of likely N-dealkylation sites (tertiary alicyclic amines) is 1. The van der Waals surface area contributed by atoms with Crippen molar-refractivity contribution in [3.05, 3.63) is 35.9 Å². The second-order valence-electron chi connectivity index (χ2n) is 5.59. The number of nitrogens with two attached hydrogens (primary N) is 1. The Morgan fingerprint density at radius 3 is 2.67 bits per heavy atom. The van der Waals surface area contributed by atoms with E-state index in [0.717, 1.165) is 5.56 Å². The molecule has 1 aromatic carbocycles. The molecule has 1 aromatic rings. The first-order valence-corrected chi connectivity index (χ1v) is 7.70. The maximum Gasteiger partial charge on any atom is 0.328 e. The highest BCUT2D eigenvalue weighted by Crippen LogP contribution is 2.17. The second kappa shape index (κ2) is 8.30. The van der Waals surface area contributed by atoms with Crippen LogP contribution in [0.5, 0.6) is 0 Å². The molecule has 1 heterocycles. The Morgan fingerprint density at radius 1 is 1.33 bits per heavy atom. The number of urea groups is 1. The standard InChI is InChI=1S/C16H21N3O5/c17-16(23)19-8-4-7-13(19)14(20)18-12(15(21)22)10-24-9-11-5-2-1-3-6-11/h1-3,5-6,12-13H,4,7-10H2,(H2,17,23)(H,18,20)(H,21,22)/t12-,13-/m0/s1. The molecule has 130 valence electrons. The summed E-state index contributed by atoms with van der Waals surface area (Å²) < 4.78 is 5.38. The first-order valence-electron chi connectivity index (χ1n) is 7.70. The third-order valence-corrected chi connectivity index (χ3v) is 3.85. The number of carbonyl (C=O) groups excluding carboxylic acids is 2. The van der Waals surface area contributed by atoms with Crippen molar-refractivity contribution >= 4 is 17.9 Å². The summed E-state index contributed by atoms with van der Waals surface area (Å²) in [5, 5.41) is 11.7. The zero-order valence-corrected chi connectivity index (χ0v) is 13.2. The molecule has 0 saturated carbocycles. The fraction of sp³-hybridized carbons (Fsp3) is 0.438. The number of carboxylic acid groups (broad SMARTS) is 1. The van der Waals surface area contributed by atoms with Gasteiger partial charge in [-0.15, -0.1) is 0 Å². The molecule has 8 heteroatoms. The van der Waals surface area contributed by atoms with Crippen LogP contribution in [0.3, 0.4) is 0 Å². The maximum absolute atomic E-state index is 12.2. The highest BCUT2D eigenvalue weighted by Gasteiger charge is 2.34. The quantitative estimate of drug-likeness (QED) is 0.662. The van der Waals surface area contributed by atoms with Gasteiger partial charge in [-0.1, -0.05) is 30.3 Å². The summed E-state index contributed by atoms with van der Waals surface area (Å²) in [6, 6.07) is 6.71. The highest BCUT2D eigenvalue weighted by atomic mass is 16.5. The smallest absolute Gasteiger partial charge is 0.328 e. The molecule has 1 fully saturated rings. The number of carbonyl (C=O) groups is 3.